The van der Waals surface area contributed by atoms with Gasteiger partial charge in [-0.15, -0.1) is 11.3 Å². The summed E-state index contributed by atoms with van der Waals surface area (Å²) in [5, 5.41) is 15.1. The maximum Gasteiger partial charge on any atom is 0.437 e. The molecular weight excluding hydrogens is 297 g/mol. The van der Waals surface area contributed by atoms with Crippen LogP contribution in [0.2, 0.25) is 0 Å². The van der Waals surface area contributed by atoms with Crippen LogP contribution in [0.5, 0.6) is 0 Å². The third kappa shape index (κ3) is 2.27. The molecule has 0 saturated carbocycles. The van der Waals surface area contributed by atoms with Crippen molar-refractivity contribution in [3.63, 3.8) is 0 Å². The molecule has 1 aromatic rings. The van der Waals surface area contributed by atoms with Crippen molar-refractivity contribution in [2.75, 3.05) is 0 Å². The topological polar surface area (TPSA) is 78.4 Å². The Morgan fingerprint density at radius 1 is 1.50 bits per heavy atom. The molecular formula is C11H11F3N2O3S. The molecule has 0 radical (unpaired) electrons. The van der Waals surface area contributed by atoms with Crippen LogP contribution in [0, 0.1) is 5.92 Å². The molecule has 1 aromatic heterocycles. The number of carbonyl (C=O) groups excluding carboxylic acids is 2. The van der Waals surface area contributed by atoms with Gasteiger partial charge in [-0.1, -0.05) is 6.07 Å². The summed E-state index contributed by atoms with van der Waals surface area (Å²) in [5.41, 5.74) is -3.59. The minimum Gasteiger partial charge on any atom is -0.363 e. The van der Waals surface area contributed by atoms with E-state index in [0.717, 1.165) is 18.3 Å². The number of urea groups is 1. The summed E-state index contributed by atoms with van der Waals surface area (Å²) in [7, 11) is 0. The molecule has 3 N–H and O–H groups in total. The first-order valence-corrected chi connectivity index (χ1v) is 6.46. The highest BCUT2D eigenvalue weighted by atomic mass is 32.1. The number of thiophene rings is 1. The molecule has 0 unspecified atom stereocenters. The van der Waals surface area contributed by atoms with Crippen LogP contribution in [0.25, 0.3) is 0 Å². The lowest BCUT2D eigenvalue weighted by Gasteiger charge is -2.44. The summed E-state index contributed by atoms with van der Waals surface area (Å²) in [4.78, 5) is 23.4. The SMILES string of the molecule is CC(=O)[C@H]1[C@H](c2cccs2)NC(=O)N[C@]1(O)C(F)(F)F. The summed E-state index contributed by atoms with van der Waals surface area (Å²) >= 11 is 1.09. The summed E-state index contributed by atoms with van der Waals surface area (Å²) in [6.07, 6.45) is -5.17. The van der Waals surface area contributed by atoms with Gasteiger partial charge in [-0.2, -0.15) is 13.2 Å². The van der Waals surface area contributed by atoms with Crippen molar-refractivity contribution in [3.8, 4) is 0 Å². The van der Waals surface area contributed by atoms with Gasteiger partial charge in [-0.25, -0.2) is 4.79 Å². The number of amides is 2. The van der Waals surface area contributed by atoms with Gasteiger partial charge in [0.15, 0.2) is 0 Å². The number of hydrogen-bond donors (Lipinski definition) is 3. The van der Waals surface area contributed by atoms with E-state index in [9.17, 15) is 27.9 Å². The Morgan fingerprint density at radius 3 is 2.60 bits per heavy atom. The normalized spacial score (nSPS) is 30.6. The van der Waals surface area contributed by atoms with Crippen molar-refractivity contribution in [3.05, 3.63) is 22.4 Å². The number of carbonyl (C=O) groups is 2. The van der Waals surface area contributed by atoms with E-state index in [-0.39, 0.29) is 0 Å². The van der Waals surface area contributed by atoms with E-state index in [1.165, 1.54) is 11.4 Å². The van der Waals surface area contributed by atoms with E-state index >= 15 is 0 Å². The van der Waals surface area contributed by atoms with E-state index in [4.69, 9.17) is 0 Å². The second kappa shape index (κ2) is 4.74. The molecule has 1 aliphatic rings. The molecule has 9 heteroatoms. The van der Waals surface area contributed by atoms with Crippen molar-refractivity contribution in [1.29, 1.82) is 0 Å². The average Bonchev–Trinajstić information content (AvgIpc) is 2.78. The van der Waals surface area contributed by atoms with E-state index in [1.807, 2.05) is 0 Å². The Morgan fingerprint density at radius 2 is 2.15 bits per heavy atom. The molecule has 110 valence electrons. The molecule has 20 heavy (non-hydrogen) atoms. The van der Waals surface area contributed by atoms with Crippen LogP contribution in [0.1, 0.15) is 17.8 Å². The van der Waals surface area contributed by atoms with Crippen molar-refractivity contribution in [2.24, 2.45) is 5.92 Å². The Hall–Kier alpha value is -1.61. The van der Waals surface area contributed by atoms with E-state index in [2.05, 4.69) is 5.32 Å². The third-order valence-electron chi connectivity index (χ3n) is 3.09. The number of rotatable bonds is 2. The zero-order chi connectivity index (χ0) is 15.1. The Labute approximate surface area is 115 Å². The quantitative estimate of drug-likeness (QED) is 0.776. The van der Waals surface area contributed by atoms with Gasteiger partial charge >= 0.3 is 12.2 Å². The summed E-state index contributed by atoms with van der Waals surface area (Å²) in [6.45, 7) is 0.946. The fourth-order valence-corrected chi connectivity index (χ4v) is 3.05. The molecule has 1 saturated heterocycles. The number of ketones is 1. The first-order chi connectivity index (χ1) is 9.17. The lowest BCUT2D eigenvalue weighted by molar-refractivity contribution is -0.290. The standard InChI is InChI=1S/C11H11F3N2O3S/c1-5(17)7-8(6-3-2-4-20-6)15-9(18)16-10(7,19)11(12,13)14/h2-4,7-8,19H,1H3,(H2,15,16,18)/t7-,8-,10+/m0/s1. The molecule has 2 amide bonds. The van der Waals surface area contributed by atoms with Crippen molar-refractivity contribution in [2.45, 2.75) is 24.9 Å². The highest BCUT2D eigenvalue weighted by Gasteiger charge is 2.65. The summed E-state index contributed by atoms with van der Waals surface area (Å²) in [5.74, 6) is -2.74. The molecule has 0 bridgehead atoms. The molecule has 0 aliphatic carbocycles. The van der Waals surface area contributed by atoms with Crippen LogP contribution in [0.15, 0.2) is 17.5 Å². The van der Waals surface area contributed by atoms with Crippen LogP contribution >= 0.6 is 11.3 Å². The third-order valence-corrected chi connectivity index (χ3v) is 4.05. The van der Waals surface area contributed by atoms with Crippen LogP contribution in [-0.4, -0.2) is 28.8 Å². The van der Waals surface area contributed by atoms with Crippen LogP contribution in [0.4, 0.5) is 18.0 Å². The molecule has 5 nitrogen and oxygen atoms in total. The van der Waals surface area contributed by atoms with Crippen molar-refractivity contribution >= 4 is 23.2 Å². The smallest absolute Gasteiger partial charge is 0.363 e. The van der Waals surface area contributed by atoms with Gasteiger partial charge in [0.05, 0.1) is 12.0 Å². The Bertz CT molecular complexity index is 532. The molecule has 2 heterocycles. The second-order valence-electron chi connectivity index (χ2n) is 4.44. The monoisotopic (exact) mass is 308 g/mol. The van der Waals surface area contributed by atoms with E-state index in [0.29, 0.717) is 4.88 Å². The number of aliphatic hydroxyl groups is 1. The average molecular weight is 308 g/mol. The van der Waals surface area contributed by atoms with Crippen molar-refractivity contribution < 1.29 is 27.9 Å². The number of hydrogen-bond acceptors (Lipinski definition) is 4. The lowest BCUT2D eigenvalue weighted by atomic mass is 9.82. The highest BCUT2D eigenvalue weighted by molar-refractivity contribution is 7.10. The lowest BCUT2D eigenvalue weighted by Crippen LogP contribution is -2.72. The van der Waals surface area contributed by atoms with Crippen molar-refractivity contribution in [1.82, 2.24) is 10.6 Å². The maximum absolute atomic E-state index is 13.1. The van der Waals surface area contributed by atoms with Gasteiger partial charge in [0, 0.05) is 4.88 Å². The van der Waals surface area contributed by atoms with Crippen LogP contribution in [0.3, 0.4) is 0 Å². The maximum atomic E-state index is 13.1. The predicted octanol–water partition coefficient (Wildman–Crippen LogP) is 1.56. The molecule has 2 rings (SSSR count). The largest absolute Gasteiger partial charge is 0.437 e. The van der Waals surface area contributed by atoms with E-state index in [1.54, 1.807) is 11.4 Å². The zero-order valence-corrected chi connectivity index (χ0v) is 11.0. The first-order valence-electron chi connectivity index (χ1n) is 5.58. The summed E-state index contributed by atoms with van der Waals surface area (Å²) in [6, 6.07) is 0.666. The fraction of sp³-hybridized carbons (Fsp3) is 0.455. The molecule has 0 aromatic carbocycles. The van der Waals surface area contributed by atoms with Gasteiger partial charge in [-0.05, 0) is 18.4 Å². The van der Waals surface area contributed by atoms with Gasteiger partial charge in [0.1, 0.15) is 5.78 Å². The first kappa shape index (κ1) is 14.8. The highest BCUT2D eigenvalue weighted by Crippen LogP contribution is 2.43. The van der Waals surface area contributed by atoms with Gasteiger partial charge in [0.2, 0.25) is 5.72 Å². The van der Waals surface area contributed by atoms with Gasteiger partial charge < -0.3 is 15.7 Å². The molecule has 1 fully saturated rings. The van der Waals surface area contributed by atoms with Gasteiger partial charge in [0.25, 0.3) is 0 Å². The Kier molecular flexibility index (Phi) is 3.51. The van der Waals surface area contributed by atoms with Crippen LogP contribution < -0.4 is 10.6 Å². The number of Topliss-reactive ketones (excluding diaryl/α,β-unsaturated/α-hetero) is 1. The molecule has 3 atom stereocenters. The minimum absolute atomic E-state index is 0.364. The predicted molar refractivity (Wildman–Crippen MR) is 63.9 cm³/mol. The van der Waals surface area contributed by atoms with E-state index < -0.39 is 35.7 Å². The number of nitrogens with one attached hydrogen (secondary N) is 2. The van der Waals surface area contributed by atoms with Gasteiger partial charge in [-0.3, -0.25) is 4.79 Å². The second-order valence-corrected chi connectivity index (χ2v) is 5.42. The summed E-state index contributed by atoms with van der Waals surface area (Å²) < 4.78 is 39.2. The zero-order valence-electron chi connectivity index (χ0n) is 10.2. The van der Waals surface area contributed by atoms with Crippen LogP contribution in [-0.2, 0) is 4.79 Å². The number of halogens is 3. The number of alkyl halides is 3. The minimum atomic E-state index is -5.17. The Balaban J connectivity index is 2.52. The fourth-order valence-electron chi connectivity index (χ4n) is 2.23. The molecule has 0 spiro atoms. The molecule has 1 aliphatic heterocycles.